The molecular formula is C17H19N5O2. The van der Waals surface area contributed by atoms with Gasteiger partial charge in [-0.15, -0.1) is 0 Å². The zero-order valence-corrected chi connectivity index (χ0v) is 13.6. The van der Waals surface area contributed by atoms with Crippen LogP contribution in [0.5, 0.6) is 5.75 Å². The van der Waals surface area contributed by atoms with Crippen LogP contribution in [0, 0.1) is 0 Å². The molecule has 1 aromatic carbocycles. The minimum atomic E-state index is -0.0862. The Morgan fingerprint density at radius 3 is 2.96 bits per heavy atom. The summed E-state index contributed by atoms with van der Waals surface area (Å²) in [6.45, 7) is 0. The fraction of sp³-hybridized carbons (Fsp3) is 0.235. The van der Waals surface area contributed by atoms with E-state index in [2.05, 4.69) is 20.6 Å². The van der Waals surface area contributed by atoms with Gasteiger partial charge in [0.15, 0.2) is 5.82 Å². The molecule has 0 saturated carbocycles. The van der Waals surface area contributed by atoms with Gasteiger partial charge in [-0.3, -0.25) is 14.6 Å². The van der Waals surface area contributed by atoms with Gasteiger partial charge in [-0.05, 0) is 24.1 Å². The summed E-state index contributed by atoms with van der Waals surface area (Å²) < 4.78 is 7.06. The molecule has 0 aliphatic carbocycles. The van der Waals surface area contributed by atoms with Gasteiger partial charge in [0.05, 0.1) is 19.0 Å². The van der Waals surface area contributed by atoms with Gasteiger partial charge in [0.2, 0.25) is 5.91 Å². The second-order valence-electron chi connectivity index (χ2n) is 5.44. The van der Waals surface area contributed by atoms with Gasteiger partial charge in [0, 0.05) is 31.3 Å². The number of amides is 1. The Morgan fingerprint density at radius 1 is 1.38 bits per heavy atom. The Kier molecular flexibility index (Phi) is 4.60. The maximum atomic E-state index is 12.0. The maximum absolute atomic E-state index is 12.0. The molecule has 0 unspecified atom stereocenters. The van der Waals surface area contributed by atoms with Gasteiger partial charge in [0.1, 0.15) is 5.75 Å². The van der Waals surface area contributed by atoms with Gasteiger partial charge in [-0.25, -0.2) is 0 Å². The molecule has 7 nitrogen and oxygen atoms in total. The van der Waals surface area contributed by atoms with Crippen LogP contribution in [0.3, 0.4) is 0 Å². The average molecular weight is 325 g/mol. The van der Waals surface area contributed by atoms with Crippen LogP contribution in [0.15, 0.2) is 42.7 Å². The molecule has 2 aromatic heterocycles. The van der Waals surface area contributed by atoms with Crippen LogP contribution in [-0.4, -0.2) is 33.0 Å². The summed E-state index contributed by atoms with van der Waals surface area (Å²) in [7, 11) is 3.48. The number of hydrogen-bond acceptors (Lipinski definition) is 4. The highest BCUT2D eigenvalue weighted by Gasteiger charge is 2.11. The van der Waals surface area contributed by atoms with E-state index in [4.69, 9.17) is 4.74 Å². The number of nitrogens with zero attached hydrogens (tertiary/aromatic N) is 3. The molecule has 7 heteroatoms. The zero-order chi connectivity index (χ0) is 16.9. The molecule has 0 bridgehead atoms. The SMILES string of the molecule is COc1ccccc1-c1cc(NC(=O)CCc2cnn(C)c2)n[nH]1. The van der Waals surface area contributed by atoms with Crippen molar-refractivity contribution in [1.82, 2.24) is 20.0 Å². The van der Waals surface area contributed by atoms with Crippen LogP contribution < -0.4 is 10.1 Å². The standard InChI is InChI=1S/C17H19N5O2/c1-22-11-12(10-18-22)7-8-17(23)19-16-9-14(20-21-16)13-5-3-4-6-15(13)24-2/h3-6,9-11H,7-8H2,1-2H3,(H2,19,20,21,23). The maximum Gasteiger partial charge on any atom is 0.225 e. The first-order chi connectivity index (χ1) is 11.7. The Balaban J connectivity index is 1.62. The van der Waals surface area contributed by atoms with Crippen molar-refractivity contribution < 1.29 is 9.53 Å². The zero-order valence-electron chi connectivity index (χ0n) is 13.6. The summed E-state index contributed by atoms with van der Waals surface area (Å²) in [5, 5.41) is 13.9. The first kappa shape index (κ1) is 15.8. The molecule has 0 aliphatic heterocycles. The molecule has 1 amide bonds. The lowest BCUT2D eigenvalue weighted by Crippen LogP contribution is -2.12. The normalized spacial score (nSPS) is 10.6. The quantitative estimate of drug-likeness (QED) is 0.729. The number of nitrogens with one attached hydrogen (secondary N) is 2. The summed E-state index contributed by atoms with van der Waals surface area (Å²) >= 11 is 0. The number of ether oxygens (including phenoxy) is 1. The van der Waals surface area contributed by atoms with E-state index in [0.29, 0.717) is 18.7 Å². The third-order valence-corrected chi connectivity index (χ3v) is 3.64. The van der Waals surface area contributed by atoms with Crippen molar-refractivity contribution in [3.8, 4) is 17.0 Å². The van der Waals surface area contributed by atoms with E-state index >= 15 is 0 Å². The topological polar surface area (TPSA) is 84.8 Å². The molecule has 124 valence electrons. The summed E-state index contributed by atoms with van der Waals surface area (Å²) in [6.07, 6.45) is 4.69. The number of para-hydroxylation sites is 1. The largest absolute Gasteiger partial charge is 0.496 e. The molecule has 0 aliphatic rings. The number of benzene rings is 1. The van der Waals surface area contributed by atoms with Crippen LogP contribution in [0.2, 0.25) is 0 Å². The Bertz CT molecular complexity index is 837. The van der Waals surface area contributed by atoms with Crippen molar-refractivity contribution >= 4 is 11.7 Å². The predicted molar refractivity (Wildman–Crippen MR) is 90.7 cm³/mol. The number of aryl methyl sites for hydroxylation is 2. The number of aromatic amines is 1. The molecule has 0 fully saturated rings. The van der Waals surface area contributed by atoms with Crippen molar-refractivity contribution in [2.24, 2.45) is 7.05 Å². The highest BCUT2D eigenvalue weighted by Crippen LogP contribution is 2.29. The Labute approximate surface area is 139 Å². The summed E-state index contributed by atoms with van der Waals surface area (Å²) in [5.74, 6) is 1.15. The average Bonchev–Trinajstić information content (AvgIpc) is 3.22. The van der Waals surface area contributed by atoms with Crippen molar-refractivity contribution in [3.63, 3.8) is 0 Å². The van der Waals surface area contributed by atoms with Crippen LogP contribution in [0.4, 0.5) is 5.82 Å². The molecule has 0 saturated heterocycles. The fourth-order valence-electron chi connectivity index (χ4n) is 2.46. The van der Waals surface area contributed by atoms with Crippen LogP contribution in [0.25, 0.3) is 11.3 Å². The third kappa shape index (κ3) is 3.62. The molecule has 3 rings (SSSR count). The van der Waals surface area contributed by atoms with Crippen LogP contribution in [0.1, 0.15) is 12.0 Å². The summed E-state index contributed by atoms with van der Waals surface area (Å²) in [6, 6.07) is 9.42. The molecule has 2 heterocycles. The van der Waals surface area contributed by atoms with Crippen LogP contribution in [-0.2, 0) is 18.3 Å². The van der Waals surface area contributed by atoms with E-state index in [9.17, 15) is 4.79 Å². The second-order valence-corrected chi connectivity index (χ2v) is 5.44. The minimum absolute atomic E-state index is 0.0862. The molecule has 3 aromatic rings. The first-order valence-electron chi connectivity index (χ1n) is 7.62. The molecule has 0 atom stereocenters. The summed E-state index contributed by atoms with van der Waals surface area (Å²) in [5.41, 5.74) is 2.71. The highest BCUT2D eigenvalue weighted by atomic mass is 16.5. The van der Waals surface area contributed by atoms with E-state index in [1.165, 1.54) is 0 Å². The lowest BCUT2D eigenvalue weighted by atomic mass is 10.1. The monoisotopic (exact) mass is 325 g/mol. The van der Waals surface area contributed by atoms with Crippen molar-refractivity contribution in [2.75, 3.05) is 12.4 Å². The molecule has 0 radical (unpaired) electrons. The number of hydrogen-bond donors (Lipinski definition) is 2. The van der Waals surface area contributed by atoms with Gasteiger partial charge in [-0.2, -0.15) is 10.2 Å². The second kappa shape index (κ2) is 6.99. The number of H-pyrrole nitrogens is 1. The number of rotatable bonds is 6. The number of carbonyl (C=O) groups excluding carboxylic acids is 1. The molecule has 0 spiro atoms. The van der Waals surface area contributed by atoms with E-state index < -0.39 is 0 Å². The number of anilines is 1. The van der Waals surface area contributed by atoms with E-state index in [1.54, 1.807) is 24.1 Å². The van der Waals surface area contributed by atoms with E-state index in [0.717, 1.165) is 22.6 Å². The third-order valence-electron chi connectivity index (χ3n) is 3.64. The molecule has 2 N–H and O–H groups in total. The van der Waals surface area contributed by atoms with E-state index in [1.807, 2.05) is 37.5 Å². The Hall–Kier alpha value is -3.09. The number of aromatic nitrogens is 4. The molecular weight excluding hydrogens is 306 g/mol. The summed E-state index contributed by atoms with van der Waals surface area (Å²) in [4.78, 5) is 12.0. The van der Waals surface area contributed by atoms with Gasteiger partial charge in [0.25, 0.3) is 0 Å². The van der Waals surface area contributed by atoms with Gasteiger partial charge >= 0.3 is 0 Å². The highest BCUT2D eigenvalue weighted by molar-refractivity contribution is 5.90. The fourth-order valence-corrected chi connectivity index (χ4v) is 2.46. The lowest BCUT2D eigenvalue weighted by Gasteiger charge is -2.05. The molecule has 24 heavy (non-hydrogen) atoms. The van der Waals surface area contributed by atoms with Crippen molar-refractivity contribution in [2.45, 2.75) is 12.8 Å². The van der Waals surface area contributed by atoms with Crippen molar-refractivity contribution in [1.29, 1.82) is 0 Å². The Morgan fingerprint density at radius 2 is 2.21 bits per heavy atom. The lowest BCUT2D eigenvalue weighted by molar-refractivity contribution is -0.116. The number of methoxy groups -OCH3 is 1. The minimum Gasteiger partial charge on any atom is -0.496 e. The van der Waals surface area contributed by atoms with E-state index in [-0.39, 0.29) is 5.91 Å². The predicted octanol–water partition coefficient (Wildman–Crippen LogP) is 2.39. The van der Waals surface area contributed by atoms with Gasteiger partial charge < -0.3 is 10.1 Å². The first-order valence-corrected chi connectivity index (χ1v) is 7.62. The van der Waals surface area contributed by atoms with Gasteiger partial charge in [-0.1, -0.05) is 12.1 Å². The van der Waals surface area contributed by atoms with Crippen LogP contribution >= 0.6 is 0 Å². The van der Waals surface area contributed by atoms with Crippen molar-refractivity contribution in [3.05, 3.63) is 48.3 Å². The number of carbonyl (C=O) groups is 1. The smallest absolute Gasteiger partial charge is 0.225 e.